The number of carbonyl (C=O) groups is 1. The number of hydrogen-bond acceptors (Lipinski definition) is 1. The van der Waals surface area contributed by atoms with Crippen molar-refractivity contribution in [3.05, 3.63) is 65.7 Å². The zero-order chi connectivity index (χ0) is 19.5. The molecule has 2 aromatic rings. The molecule has 27 heavy (non-hydrogen) atoms. The Hall–Kier alpha value is -2.09. The molecule has 0 unspecified atom stereocenters. The van der Waals surface area contributed by atoms with Gasteiger partial charge in [-0.2, -0.15) is 0 Å². The maximum atomic E-state index is 13.2. The van der Waals surface area contributed by atoms with Crippen molar-refractivity contribution >= 4 is 11.6 Å². The number of amides is 1. The average Bonchev–Trinajstić information content (AvgIpc) is 2.65. The number of rotatable bonds is 6. The number of benzene rings is 2. The van der Waals surface area contributed by atoms with Gasteiger partial charge in [0.2, 0.25) is 5.91 Å². The molecule has 0 spiro atoms. The fraction of sp³-hybridized carbons (Fsp3) is 0.480. The van der Waals surface area contributed by atoms with E-state index in [4.69, 9.17) is 0 Å². The Kier molecular flexibility index (Phi) is 5.74. The lowest BCUT2D eigenvalue weighted by Gasteiger charge is -2.51. The van der Waals surface area contributed by atoms with Gasteiger partial charge >= 0.3 is 0 Å². The van der Waals surface area contributed by atoms with E-state index < -0.39 is 0 Å². The summed E-state index contributed by atoms with van der Waals surface area (Å²) >= 11 is 0. The van der Waals surface area contributed by atoms with Crippen LogP contribution in [0.1, 0.15) is 77.3 Å². The summed E-state index contributed by atoms with van der Waals surface area (Å²) in [5, 5.41) is 0. The van der Waals surface area contributed by atoms with Crippen LogP contribution in [0.2, 0.25) is 0 Å². The lowest BCUT2D eigenvalue weighted by Crippen LogP contribution is -2.55. The zero-order valence-corrected chi connectivity index (χ0v) is 17.3. The van der Waals surface area contributed by atoms with Crippen LogP contribution in [-0.4, -0.2) is 11.4 Å². The smallest absolute Gasteiger partial charge is 0.227 e. The monoisotopic (exact) mass is 363 g/mol. The Morgan fingerprint density at radius 1 is 0.926 bits per heavy atom. The van der Waals surface area contributed by atoms with E-state index in [1.807, 2.05) is 0 Å². The standard InChI is InChI=1S/C25H33NO/c1-5-6-7-11-18-23(27)26-22-17-13-12-16-21(22)25(4,19-24(26,2)3)20-14-9-8-10-15-20/h8-10,12-17H,5-7,11,18-19H2,1-4H3/t25-/m0/s1. The molecule has 1 aliphatic heterocycles. The molecule has 0 fully saturated rings. The summed E-state index contributed by atoms with van der Waals surface area (Å²) in [5.41, 5.74) is 3.35. The average molecular weight is 364 g/mol. The highest BCUT2D eigenvalue weighted by atomic mass is 16.2. The van der Waals surface area contributed by atoms with Crippen molar-refractivity contribution in [3.8, 4) is 0 Å². The second-order valence-electron chi connectivity index (χ2n) is 8.74. The summed E-state index contributed by atoms with van der Waals surface area (Å²) in [7, 11) is 0. The van der Waals surface area contributed by atoms with Crippen molar-refractivity contribution in [2.75, 3.05) is 4.90 Å². The van der Waals surface area contributed by atoms with Crippen LogP contribution in [0.3, 0.4) is 0 Å². The fourth-order valence-electron chi connectivity index (χ4n) is 4.85. The fourth-order valence-corrected chi connectivity index (χ4v) is 4.85. The number of hydrogen-bond donors (Lipinski definition) is 0. The maximum absolute atomic E-state index is 13.2. The summed E-state index contributed by atoms with van der Waals surface area (Å²) in [5.74, 6) is 0.263. The number of unbranched alkanes of at least 4 members (excludes halogenated alkanes) is 3. The molecular weight excluding hydrogens is 330 g/mol. The van der Waals surface area contributed by atoms with Crippen LogP contribution >= 0.6 is 0 Å². The molecular formula is C25H33NO. The van der Waals surface area contributed by atoms with Crippen molar-refractivity contribution in [2.24, 2.45) is 0 Å². The first kappa shape index (κ1) is 19.7. The zero-order valence-electron chi connectivity index (χ0n) is 17.3. The first-order valence-corrected chi connectivity index (χ1v) is 10.4. The Morgan fingerprint density at radius 3 is 2.30 bits per heavy atom. The van der Waals surface area contributed by atoms with Crippen LogP contribution in [0.4, 0.5) is 5.69 Å². The van der Waals surface area contributed by atoms with Crippen LogP contribution in [0.25, 0.3) is 0 Å². The third-order valence-corrected chi connectivity index (χ3v) is 6.04. The van der Waals surface area contributed by atoms with E-state index in [-0.39, 0.29) is 16.9 Å². The van der Waals surface area contributed by atoms with Crippen molar-refractivity contribution in [2.45, 2.75) is 77.2 Å². The molecule has 0 saturated heterocycles. The minimum atomic E-state index is -0.221. The molecule has 2 nitrogen and oxygen atoms in total. The lowest BCUT2D eigenvalue weighted by molar-refractivity contribution is -0.120. The third kappa shape index (κ3) is 3.81. The molecule has 1 aliphatic rings. The molecule has 0 aromatic heterocycles. The minimum absolute atomic E-state index is 0.0969. The van der Waals surface area contributed by atoms with Gasteiger partial charge in [-0.25, -0.2) is 0 Å². The molecule has 0 bridgehead atoms. The van der Waals surface area contributed by atoms with Gasteiger partial charge in [-0.3, -0.25) is 4.79 Å². The van der Waals surface area contributed by atoms with E-state index >= 15 is 0 Å². The van der Waals surface area contributed by atoms with Gasteiger partial charge in [-0.05, 0) is 43.9 Å². The SMILES string of the molecule is CCCCCCC(=O)N1c2ccccc2[C@](C)(c2ccccc2)CC1(C)C. The van der Waals surface area contributed by atoms with Gasteiger partial charge in [-0.15, -0.1) is 0 Å². The van der Waals surface area contributed by atoms with Gasteiger partial charge in [0, 0.05) is 23.1 Å². The predicted octanol–water partition coefficient (Wildman–Crippen LogP) is 6.48. The first-order valence-electron chi connectivity index (χ1n) is 10.4. The van der Waals surface area contributed by atoms with Gasteiger partial charge in [-0.1, -0.05) is 81.6 Å². The summed E-state index contributed by atoms with van der Waals surface area (Å²) in [4.78, 5) is 15.3. The highest BCUT2D eigenvalue weighted by molar-refractivity contribution is 5.96. The normalized spacial score (nSPS) is 21.0. The third-order valence-electron chi connectivity index (χ3n) is 6.04. The van der Waals surface area contributed by atoms with Crippen molar-refractivity contribution in [3.63, 3.8) is 0 Å². The quantitative estimate of drug-likeness (QED) is 0.538. The van der Waals surface area contributed by atoms with E-state index in [9.17, 15) is 4.79 Å². The molecule has 0 aliphatic carbocycles. The van der Waals surface area contributed by atoms with Crippen molar-refractivity contribution < 1.29 is 4.79 Å². The topological polar surface area (TPSA) is 20.3 Å². The summed E-state index contributed by atoms with van der Waals surface area (Å²) in [6.07, 6.45) is 6.08. The second kappa shape index (κ2) is 7.88. The van der Waals surface area contributed by atoms with E-state index in [1.54, 1.807) is 0 Å². The molecule has 0 N–H and O–H groups in total. The summed E-state index contributed by atoms with van der Waals surface area (Å²) in [6, 6.07) is 19.2. The maximum Gasteiger partial charge on any atom is 0.227 e. The second-order valence-corrected chi connectivity index (χ2v) is 8.74. The highest BCUT2D eigenvalue weighted by Gasteiger charge is 2.47. The Balaban J connectivity index is 1.99. The number of para-hydroxylation sites is 1. The van der Waals surface area contributed by atoms with Crippen LogP contribution in [-0.2, 0) is 10.2 Å². The lowest BCUT2D eigenvalue weighted by atomic mass is 9.65. The Morgan fingerprint density at radius 2 is 1.59 bits per heavy atom. The van der Waals surface area contributed by atoms with E-state index in [1.165, 1.54) is 24.0 Å². The number of nitrogens with zero attached hydrogens (tertiary/aromatic N) is 1. The van der Waals surface area contributed by atoms with Gasteiger partial charge in [0.15, 0.2) is 0 Å². The summed E-state index contributed by atoms with van der Waals surface area (Å²) < 4.78 is 0. The van der Waals surface area contributed by atoms with Crippen LogP contribution < -0.4 is 4.90 Å². The molecule has 1 heterocycles. The largest absolute Gasteiger partial charge is 0.307 e. The Bertz CT molecular complexity index is 780. The predicted molar refractivity (Wildman–Crippen MR) is 114 cm³/mol. The van der Waals surface area contributed by atoms with Gasteiger partial charge in [0.1, 0.15) is 0 Å². The summed E-state index contributed by atoms with van der Waals surface area (Å²) in [6.45, 7) is 8.96. The van der Waals surface area contributed by atoms with E-state index in [0.717, 1.165) is 24.9 Å². The van der Waals surface area contributed by atoms with Crippen molar-refractivity contribution in [1.82, 2.24) is 0 Å². The molecule has 1 atom stereocenters. The molecule has 1 amide bonds. The number of anilines is 1. The molecule has 0 saturated carbocycles. The molecule has 3 rings (SSSR count). The highest BCUT2D eigenvalue weighted by Crippen LogP contribution is 2.50. The molecule has 0 radical (unpaired) electrons. The van der Waals surface area contributed by atoms with Gasteiger partial charge in [0.25, 0.3) is 0 Å². The van der Waals surface area contributed by atoms with Gasteiger partial charge in [0.05, 0.1) is 0 Å². The van der Waals surface area contributed by atoms with Crippen LogP contribution in [0.15, 0.2) is 54.6 Å². The molecule has 2 heteroatoms. The Labute approximate surface area is 164 Å². The van der Waals surface area contributed by atoms with Crippen molar-refractivity contribution in [1.29, 1.82) is 0 Å². The van der Waals surface area contributed by atoms with E-state index in [2.05, 4.69) is 87.2 Å². The number of carbonyl (C=O) groups excluding carboxylic acids is 1. The molecule has 144 valence electrons. The van der Waals surface area contributed by atoms with Crippen LogP contribution in [0, 0.1) is 0 Å². The van der Waals surface area contributed by atoms with Gasteiger partial charge < -0.3 is 4.90 Å². The minimum Gasteiger partial charge on any atom is -0.307 e. The first-order chi connectivity index (χ1) is 12.9. The number of fused-ring (bicyclic) bond motifs is 1. The van der Waals surface area contributed by atoms with E-state index in [0.29, 0.717) is 6.42 Å². The van der Waals surface area contributed by atoms with Crippen LogP contribution in [0.5, 0.6) is 0 Å². The molecule has 2 aromatic carbocycles.